The third kappa shape index (κ3) is 6.52. The fourth-order valence-corrected chi connectivity index (χ4v) is 6.30. The zero-order valence-corrected chi connectivity index (χ0v) is 26.7. The summed E-state index contributed by atoms with van der Waals surface area (Å²) in [6.07, 6.45) is 5.42. The largest absolute Gasteiger partial charge is 0.379 e. The van der Waals surface area contributed by atoms with Gasteiger partial charge in [-0.1, -0.05) is 59.3 Å². The van der Waals surface area contributed by atoms with Crippen molar-refractivity contribution in [3.63, 3.8) is 0 Å². The van der Waals surface area contributed by atoms with E-state index in [9.17, 15) is 14.0 Å². The maximum Gasteiger partial charge on any atom is 0.163 e. The molecule has 0 bridgehead atoms. The van der Waals surface area contributed by atoms with Crippen LogP contribution in [0.25, 0.3) is 10.9 Å². The Bertz CT molecular complexity index is 1890. The molecule has 46 heavy (non-hydrogen) atoms. The van der Waals surface area contributed by atoms with E-state index in [1.807, 2.05) is 47.3 Å². The van der Waals surface area contributed by atoms with Crippen LogP contribution in [0.1, 0.15) is 68.1 Å². The van der Waals surface area contributed by atoms with Crippen LogP contribution >= 0.6 is 11.6 Å². The van der Waals surface area contributed by atoms with Crippen molar-refractivity contribution in [3.8, 4) is 6.07 Å². The summed E-state index contributed by atoms with van der Waals surface area (Å²) in [5.41, 5.74) is 3.81. The highest BCUT2D eigenvalue weighted by molar-refractivity contribution is 6.35. The number of hydrogen-bond acceptors (Lipinski definition) is 7. The van der Waals surface area contributed by atoms with E-state index >= 15 is 0 Å². The molecule has 0 aliphatic carbocycles. The Morgan fingerprint density at radius 2 is 1.83 bits per heavy atom. The molecule has 1 aliphatic heterocycles. The summed E-state index contributed by atoms with van der Waals surface area (Å²) < 4.78 is 30.3. The van der Waals surface area contributed by atoms with Crippen molar-refractivity contribution in [1.82, 2.24) is 24.9 Å². The number of benzene rings is 3. The molecule has 1 aliphatic rings. The van der Waals surface area contributed by atoms with Crippen LogP contribution in [-0.2, 0) is 6.54 Å². The van der Waals surface area contributed by atoms with Gasteiger partial charge in [0.1, 0.15) is 11.8 Å². The first-order chi connectivity index (χ1) is 22.1. The molecule has 0 amide bonds. The lowest BCUT2D eigenvalue weighted by molar-refractivity contribution is 0.0866. The van der Waals surface area contributed by atoms with Crippen molar-refractivity contribution in [2.24, 2.45) is 0 Å². The first kappa shape index (κ1) is 31.4. The average molecular weight is 641 g/mol. The molecule has 236 valence electrons. The highest BCUT2D eigenvalue weighted by Crippen LogP contribution is 2.36. The minimum absolute atomic E-state index is 0.0446. The number of hydrogen-bond donors (Lipinski definition) is 2. The SMILES string of the molecule is CC(C)(C)N1CCC(n2cc([C@@H](Nc3cc(Cl)c4ncc(C#N)c(NCc5cccc(F)c5F)c4c3)c3ccccc3)nn2)CC1. The van der Waals surface area contributed by atoms with Crippen molar-refractivity contribution in [1.29, 1.82) is 5.26 Å². The summed E-state index contributed by atoms with van der Waals surface area (Å²) >= 11 is 6.76. The number of nitrogens with one attached hydrogen (secondary N) is 2. The zero-order chi connectivity index (χ0) is 32.4. The van der Waals surface area contributed by atoms with Gasteiger partial charge in [-0.05, 0) is 57.4 Å². The van der Waals surface area contributed by atoms with Crippen LogP contribution in [0.2, 0.25) is 5.02 Å². The van der Waals surface area contributed by atoms with Crippen LogP contribution < -0.4 is 10.6 Å². The van der Waals surface area contributed by atoms with Gasteiger partial charge >= 0.3 is 0 Å². The first-order valence-electron chi connectivity index (χ1n) is 15.3. The Hall–Kier alpha value is -4.59. The molecule has 2 N–H and O–H groups in total. The predicted molar refractivity (Wildman–Crippen MR) is 177 cm³/mol. The Labute approximate surface area is 272 Å². The second-order valence-electron chi connectivity index (χ2n) is 12.6. The summed E-state index contributed by atoms with van der Waals surface area (Å²) in [5.74, 6) is -1.88. The third-order valence-corrected chi connectivity index (χ3v) is 8.88. The normalized spacial score (nSPS) is 15.1. The summed E-state index contributed by atoms with van der Waals surface area (Å²) in [7, 11) is 0. The van der Waals surface area contributed by atoms with E-state index in [4.69, 9.17) is 11.6 Å². The van der Waals surface area contributed by atoms with E-state index in [1.54, 1.807) is 6.07 Å². The summed E-state index contributed by atoms with van der Waals surface area (Å²) in [6, 6.07) is 19.6. The van der Waals surface area contributed by atoms with E-state index in [0.717, 1.165) is 43.3 Å². The molecule has 5 aromatic rings. The number of fused-ring (bicyclic) bond motifs is 1. The Morgan fingerprint density at radius 3 is 2.54 bits per heavy atom. The lowest BCUT2D eigenvalue weighted by Crippen LogP contribution is -2.46. The molecule has 6 rings (SSSR count). The Kier molecular flexibility index (Phi) is 8.89. The lowest BCUT2D eigenvalue weighted by atomic mass is 9.98. The fourth-order valence-electron chi connectivity index (χ4n) is 6.03. The molecule has 1 saturated heterocycles. The molecule has 1 atom stereocenters. The van der Waals surface area contributed by atoms with Crippen molar-refractivity contribution >= 4 is 33.9 Å². The molecule has 8 nitrogen and oxygen atoms in total. The fraction of sp³-hybridized carbons (Fsp3) is 0.314. The molecule has 0 radical (unpaired) electrons. The van der Waals surface area contributed by atoms with Gasteiger partial charge < -0.3 is 10.6 Å². The number of piperidine rings is 1. The first-order valence-corrected chi connectivity index (χ1v) is 15.7. The van der Waals surface area contributed by atoms with Gasteiger partial charge in [0.15, 0.2) is 11.6 Å². The van der Waals surface area contributed by atoms with E-state index in [0.29, 0.717) is 27.3 Å². The zero-order valence-electron chi connectivity index (χ0n) is 25.9. The van der Waals surface area contributed by atoms with Gasteiger partial charge in [0, 0.05) is 48.0 Å². The van der Waals surface area contributed by atoms with Gasteiger partial charge in [-0.15, -0.1) is 5.10 Å². The number of pyridine rings is 1. The van der Waals surface area contributed by atoms with E-state index in [-0.39, 0.29) is 35.3 Å². The number of aromatic nitrogens is 4. The van der Waals surface area contributed by atoms with Crippen LogP contribution in [0.4, 0.5) is 20.2 Å². The van der Waals surface area contributed by atoms with Gasteiger partial charge in [-0.25, -0.2) is 13.5 Å². The van der Waals surface area contributed by atoms with Crippen LogP contribution in [-0.4, -0.2) is 43.5 Å². The lowest BCUT2D eigenvalue weighted by Gasteiger charge is -2.40. The molecular weight excluding hydrogens is 606 g/mol. The number of anilines is 2. The predicted octanol–water partition coefficient (Wildman–Crippen LogP) is 7.88. The third-order valence-electron chi connectivity index (χ3n) is 8.59. The van der Waals surface area contributed by atoms with Crippen molar-refractivity contribution < 1.29 is 8.78 Å². The number of nitriles is 1. The summed E-state index contributed by atoms with van der Waals surface area (Å²) in [4.78, 5) is 6.93. The van der Waals surface area contributed by atoms with Crippen molar-refractivity contribution in [2.75, 3.05) is 23.7 Å². The summed E-state index contributed by atoms with van der Waals surface area (Å²) in [6.45, 7) is 8.70. The average Bonchev–Trinajstić information content (AvgIpc) is 3.54. The van der Waals surface area contributed by atoms with Gasteiger partial charge in [0.2, 0.25) is 0 Å². The van der Waals surface area contributed by atoms with Crippen LogP contribution in [0.15, 0.2) is 73.1 Å². The highest BCUT2D eigenvalue weighted by Gasteiger charge is 2.29. The maximum atomic E-state index is 14.4. The van der Waals surface area contributed by atoms with Crippen LogP contribution in [0.5, 0.6) is 0 Å². The second-order valence-corrected chi connectivity index (χ2v) is 13.0. The van der Waals surface area contributed by atoms with Gasteiger partial charge in [0.05, 0.1) is 40.1 Å². The number of likely N-dealkylation sites (tertiary alicyclic amines) is 1. The quantitative estimate of drug-likeness (QED) is 0.178. The van der Waals surface area contributed by atoms with Crippen LogP contribution in [0.3, 0.4) is 0 Å². The summed E-state index contributed by atoms with van der Waals surface area (Å²) in [5, 5.41) is 26.7. The minimum atomic E-state index is -0.939. The number of nitrogens with zero attached hydrogens (tertiary/aromatic N) is 6. The van der Waals surface area contributed by atoms with E-state index in [1.165, 1.54) is 18.3 Å². The minimum Gasteiger partial charge on any atom is -0.379 e. The molecule has 2 aromatic heterocycles. The monoisotopic (exact) mass is 640 g/mol. The Balaban J connectivity index is 1.32. The molecule has 3 heterocycles. The maximum absolute atomic E-state index is 14.4. The van der Waals surface area contributed by atoms with E-state index in [2.05, 4.69) is 57.7 Å². The van der Waals surface area contributed by atoms with Crippen LogP contribution in [0, 0.1) is 23.0 Å². The smallest absolute Gasteiger partial charge is 0.163 e. The van der Waals surface area contributed by atoms with Crippen molar-refractivity contribution in [2.45, 2.75) is 57.8 Å². The standard InChI is InChI=1S/C35H35ClF2N8/c1-35(2,3)45-14-12-26(13-15-45)46-21-30(43-44-46)33(22-8-5-4-6-9-22)42-25-16-27-32(24(18-39)20-41-34(27)28(36)17-25)40-19-23-10-7-11-29(37)31(23)38/h4-11,16-17,20-21,26,33,42H,12-15,19H2,1-3H3,(H,40,41)/t33-/m0/s1. The van der Waals surface area contributed by atoms with E-state index < -0.39 is 11.6 Å². The van der Waals surface area contributed by atoms with Gasteiger partial charge in [-0.2, -0.15) is 5.26 Å². The molecule has 1 fully saturated rings. The molecule has 3 aromatic carbocycles. The number of halogens is 3. The second kappa shape index (κ2) is 13.0. The van der Waals surface area contributed by atoms with Gasteiger partial charge in [0.25, 0.3) is 0 Å². The topological polar surface area (TPSA) is 94.7 Å². The molecular formula is C35H35ClF2N8. The molecule has 0 saturated carbocycles. The van der Waals surface area contributed by atoms with Gasteiger partial charge in [-0.3, -0.25) is 9.88 Å². The Morgan fingerprint density at radius 1 is 1.07 bits per heavy atom. The number of rotatable bonds is 8. The molecule has 11 heteroatoms. The molecule has 0 spiro atoms. The molecule has 0 unspecified atom stereocenters. The van der Waals surface area contributed by atoms with Crippen molar-refractivity contribution in [3.05, 3.63) is 112 Å². The highest BCUT2D eigenvalue weighted by atomic mass is 35.5.